The minimum absolute atomic E-state index is 0.200. The van der Waals surface area contributed by atoms with Crippen LogP contribution in [0.4, 0.5) is 5.95 Å². The molecule has 0 aliphatic carbocycles. The van der Waals surface area contributed by atoms with Crippen LogP contribution in [0.15, 0.2) is 17.4 Å². The summed E-state index contributed by atoms with van der Waals surface area (Å²) < 4.78 is 8.57. The highest BCUT2D eigenvalue weighted by Crippen LogP contribution is 2.21. The van der Waals surface area contributed by atoms with E-state index in [1.807, 2.05) is 4.57 Å². The first kappa shape index (κ1) is 17.0. The highest BCUT2D eigenvalue weighted by Gasteiger charge is 2.23. The van der Waals surface area contributed by atoms with Crippen molar-refractivity contribution in [2.75, 3.05) is 38.2 Å². The Labute approximate surface area is 146 Å². The van der Waals surface area contributed by atoms with Crippen LogP contribution in [0.5, 0.6) is 6.01 Å². The molecular weight excluding hydrogens is 320 g/mol. The van der Waals surface area contributed by atoms with Crippen LogP contribution in [0.1, 0.15) is 6.92 Å². The molecule has 3 heterocycles. The van der Waals surface area contributed by atoms with Gasteiger partial charge in [-0.25, -0.2) is 0 Å². The molecule has 25 heavy (non-hydrogen) atoms. The van der Waals surface area contributed by atoms with Crippen LogP contribution in [0.2, 0.25) is 0 Å². The first-order valence-corrected chi connectivity index (χ1v) is 8.22. The van der Waals surface area contributed by atoms with Gasteiger partial charge >= 0.3 is 6.01 Å². The summed E-state index contributed by atoms with van der Waals surface area (Å²) in [6, 6.07) is 0.232. The zero-order chi connectivity index (χ0) is 17.8. The summed E-state index contributed by atoms with van der Waals surface area (Å²) in [5.41, 5.74) is 0.626. The Balaban J connectivity index is 2.25. The van der Waals surface area contributed by atoms with E-state index in [0.29, 0.717) is 24.3 Å². The number of allylic oxidation sites excluding steroid dienone is 1. The molecule has 8 heteroatoms. The van der Waals surface area contributed by atoms with Crippen LogP contribution >= 0.6 is 0 Å². The summed E-state index contributed by atoms with van der Waals surface area (Å²) in [6.45, 7) is 9.58. The largest absolute Gasteiger partial charge is 0.468 e. The molecule has 3 rings (SSSR count). The van der Waals surface area contributed by atoms with Crippen molar-refractivity contribution in [2.24, 2.45) is 0 Å². The van der Waals surface area contributed by atoms with Crippen LogP contribution in [0, 0.1) is 11.8 Å². The van der Waals surface area contributed by atoms with Crippen LogP contribution in [-0.4, -0.2) is 52.4 Å². The maximum atomic E-state index is 13.0. The number of rotatable bonds is 5. The average molecular weight is 342 g/mol. The highest BCUT2D eigenvalue weighted by molar-refractivity contribution is 5.74. The van der Waals surface area contributed by atoms with Gasteiger partial charge < -0.3 is 15.0 Å². The summed E-state index contributed by atoms with van der Waals surface area (Å²) in [7, 11) is 1.49. The summed E-state index contributed by atoms with van der Waals surface area (Å²) in [5, 5.41) is 3.32. The standard InChI is InChI=1S/C17H22N6O2/c1-4-6-10-22-13-14(19-16(22)21-11-7-18-8-12-21)20-17(25-3)23(9-5-2)15(13)24/h5,18H,2,7-12H2,1,3H3. The summed E-state index contributed by atoms with van der Waals surface area (Å²) >= 11 is 0. The van der Waals surface area contributed by atoms with E-state index in [0.717, 1.165) is 32.1 Å². The summed E-state index contributed by atoms with van der Waals surface area (Å²) in [4.78, 5) is 24.2. The lowest BCUT2D eigenvalue weighted by Crippen LogP contribution is -2.44. The number of ether oxygens (including phenoxy) is 1. The number of nitrogens with zero attached hydrogens (tertiary/aromatic N) is 5. The molecule has 0 radical (unpaired) electrons. The van der Waals surface area contributed by atoms with E-state index in [4.69, 9.17) is 4.74 Å². The zero-order valence-electron chi connectivity index (χ0n) is 14.6. The molecular formula is C17H22N6O2. The summed E-state index contributed by atoms with van der Waals surface area (Å²) in [5.74, 6) is 6.64. The molecule has 1 fully saturated rings. The van der Waals surface area contributed by atoms with Crippen molar-refractivity contribution < 1.29 is 4.74 Å². The van der Waals surface area contributed by atoms with Gasteiger partial charge in [0, 0.05) is 32.7 Å². The van der Waals surface area contributed by atoms with Gasteiger partial charge in [0.25, 0.3) is 5.56 Å². The molecule has 0 unspecified atom stereocenters. The van der Waals surface area contributed by atoms with E-state index in [1.54, 1.807) is 13.0 Å². The molecule has 0 atom stereocenters. The van der Waals surface area contributed by atoms with Gasteiger partial charge in [-0.3, -0.25) is 13.9 Å². The first-order chi connectivity index (χ1) is 12.2. The Bertz CT molecular complexity index is 896. The normalized spacial score (nSPS) is 14.2. The van der Waals surface area contributed by atoms with Crippen LogP contribution in [0.3, 0.4) is 0 Å². The predicted octanol–water partition coefficient (Wildman–Crippen LogP) is 0.221. The number of aromatic nitrogens is 4. The van der Waals surface area contributed by atoms with Gasteiger partial charge in [0.1, 0.15) is 0 Å². The Morgan fingerprint density at radius 2 is 2.08 bits per heavy atom. The van der Waals surface area contributed by atoms with Gasteiger partial charge in [-0.1, -0.05) is 12.0 Å². The lowest BCUT2D eigenvalue weighted by atomic mass is 10.4. The Kier molecular flexibility index (Phi) is 5.05. The molecule has 2 aromatic heterocycles. The molecule has 8 nitrogen and oxygen atoms in total. The van der Waals surface area contributed by atoms with Crippen molar-refractivity contribution in [3.05, 3.63) is 23.0 Å². The van der Waals surface area contributed by atoms with E-state index < -0.39 is 0 Å². The third-order valence-electron chi connectivity index (χ3n) is 4.12. The summed E-state index contributed by atoms with van der Waals surface area (Å²) in [6.07, 6.45) is 1.64. The van der Waals surface area contributed by atoms with E-state index in [1.165, 1.54) is 11.7 Å². The van der Waals surface area contributed by atoms with Crippen molar-refractivity contribution >= 4 is 17.1 Å². The maximum Gasteiger partial charge on any atom is 0.301 e. The number of methoxy groups -OCH3 is 1. The van der Waals surface area contributed by atoms with E-state index in [9.17, 15) is 4.79 Å². The molecule has 132 valence electrons. The van der Waals surface area contributed by atoms with Crippen LogP contribution < -0.4 is 20.5 Å². The zero-order valence-corrected chi connectivity index (χ0v) is 14.6. The smallest absolute Gasteiger partial charge is 0.301 e. The molecule has 1 aliphatic rings. The molecule has 0 spiro atoms. The number of piperazine rings is 1. The number of fused-ring (bicyclic) bond motifs is 1. The lowest BCUT2D eigenvalue weighted by Gasteiger charge is -2.28. The third-order valence-corrected chi connectivity index (χ3v) is 4.12. The van der Waals surface area contributed by atoms with Gasteiger partial charge in [-0.2, -0.15) is 9.97 Å². The second kappa shape index (κ2) is 7.40. The van der Waals surface area contributed by atoms with Crippen LogP contribution in [0.25, 0.3) is 11.2 Å². The maximum absolute atomic E-state index is 13.0. The SMILES string of the molecule is C=CCn1c(OC)nc2nc(N3CCNCC3)n(CC#CC)c2c1=O. The Morgan fingerprint density at radius 3 is 2.72 bits per heavy atom. The highest BCUT2D eigenvalue weighted by atomic mass is 16.5. The third kappa shape index (κ3) is 3.10. The van der Waals surface area contributed by atoms with Gasteiger partial charge in [-0.05, 0) is 6.92 Å². The topological polar surface area (TPSA) is 77.2 Å². The molecule has 1 aliphatic heterocycles. The number of hydrogen-bond donors (Lipinski definition) is 1. The first-order valence-electron chi connectivity index (χ1n) is 8.22. The van der Waals surface area contributed by atoms with Crippen molar-refractivity contribution in [2.45, 2.75) is 20.0 Å². The molecule has 0 saturated carbocycles. The van der Waals surface area contributed by atoms with E-state index in [-0.39, 0.29) is 11.6 Å². The number of hydrogen-bond acceptors (Lipinski definition) is 6. The minimum Gasteiger partial charge on any atom is -0.468 e. The fraction of sp³-hybridized carbons (Fsp3) is 0.471. The van der Waals surface area contributed by atoms with Gasteiger partial charge in [-0.15, -0.1) is 12.5 Å². The fourth-order valence-electron chi connectivity index (χ4n) is 2.94. The van der Waals surface area contributed by atoms with Crippen molar-refractivity contribution in [3.63, 3.8) is 0 Å². The number of anilines is 1. The second-order valence-electron chi connectivity index (χ2n) is 5.64. The van der Waals surface area contributed by atoms with Crippen molar-refractivity contribution in [1.29, 1.82) is 0 Å². The lowest BCUT2D eigenvalue weighted by molar-refractivity contribution is 0.354. The quantitative estimate of drug-likeness (QED) is 0.619. The van der Waals surface area contributed by atoms with Gasteiger partial charge in [0.15, 0.2) is 11.2 Å². The minimum atomic E-state index is -0.200. The molecule has 0 aromatic carbocycles. The number of nitrogens with one attached hydrogen (secondary N) is 1. The van der Waals surface area contributed by atoms with Crippen molar-refractivity contribution in [1.82, 2.24) is 24.4 Å². The monoisotopic (exact) mass is 342 g/mol. The fourth-order valence-corrected chi connectivity index (χ4v) is 2.94. The Hall–Kier alpha value is -2.79. The second-order valence-corrected chi connectivity index (χ2v) is 5.64. The Morgan fingerprint density at radius 1 is 1.32 bits per heavy atom. The molecule has 1 saturated heterocycles. The van der Waals surface area contributed by atoms with E-state index >= 15 is 0 Å². The molecule has 2 aromatic rings. The van der Waals surface area contributed by atoms with Crippen LogP contribution in [-0.2, 0) is 13.1 Å². The predicted molar refractivity (Wildman–Crippen MR) is 97.1 cm³/mol. The average Bonchev–Trinajstić information content (AvgIpc) is 3.01. The van der Waals surface area contributed by atoms with Crippen molar-refractivity contribution in [3.8, 4) is 17.9 Å². The molecule has 0 amide bonds. The molecule has 1 N–H and O–H groups in total. The number of imidazole rings is 1. The van der Waals surface area contributed by atoms with E-state index in [2.05, 4.69) is 38.6 Å². The van der Waals surface area contributed by atoms with Gasteiger partial charge in [0.2, 0.25) is 5.95 Å². The molecule has 0 bridgehead atoms. The van der Waals surface area contributed by atoms with Gasteiger partial charge in [0.05, 0.1) is 13.7 Å².